The molecule has 0 bridgehead atoms. The highest BCUT2D eigenvalue weighted by molar-refractivity contribution is 9.10. The van der Waals surface area contributed by atoms with Crippen LogP contribution in [-0.2, 0) is 9.47 Å². The third-order valence-electron chi connectivity index (χ3n) is 3.68. The molecule has 1 aromatic carbocycles. The van der Waals surface area contributed by atoms with Crippen molar-refractivity contribution >= 4 is 45.3 Å². The van der Waals surface area contributed by atoms with Crippen LogP contribution in [0.5, 0.6) is 0 Å². The number of aromatic nitrogens is 1. The van der Waals surface area contributed by atoms with Crippen LogP contribution < -0.4 is 0 Å². The second kappa shape index (κ2) is 8.51. The Kier molecular flexibility index (Phi) is 6.61. The maximum Gasteiger partial charge on any atom is 0.340 e. The van der Waals surface area contributed by atoms with Gasteiger partial charge < -0.3 is 14.5 Å². The summed E-state index contributed by atoms with van der Waals surface area (Å²) < 4.78 is 10.7. The Morgan fingerprint density at radius 1 is 1.15 bits per heavy atom. The van der Waals surface area contributed by atoms with Gasteiger partial charge in [-0.25, -0.2) is 9.59 Å². The van der Waals surface area contributed by atoms with Crippen LogP contribution in [0, 0.1) is 13.8 Å². The van der Waals surface area contributed by atoms with E-state index in [0.717, 1.165) is 0 Å². The minimum absolute atomic E-state index is 0.153. The number of aromatic amines is 1. The second-order valence-electron chi connectivity index (χ2n) is 5.47. The number of Topliss-reactive ketones (excluding diaryl/α,β-unsaturated/α-hetero) is 1. The first-order valence-corrected chi connectivity index (χ1v) is 8.95. The van der Waals surface area contributed by atoms with Crippen LogP contribution in [0.1, 0.15) is 49.4 Å². The summed E-state index contributed by atoms with van der Waals surface area (Å²) in [6, 6.07) is 4.75. The highest BCUT2D eigenvalue weighted by atomic mass is 79.9. The van der Waals surface area contributed by atoms with E-state index < -0.39 is 24.3 Å². The number of benzene rings is 1. The van der Waals surface area contributed by atoms with Crippen molar-refractivity contribution in [3.63, 3.8) is 0 Å². The molecule has 1 heterocycles. The van der Waals surface area contributed by atoms with E-state index in [1.807, 2.05) is 0 Å². The Balaban J connectivity index is 2.13. The van der Waals surface area contributed by atoms with Gasteiger partial charge in [0, 0.05) is 10.2 Å². The van der Waals surface area contributed by atoms with Gasteiger partial charge in [-0.1, -0.05) is 27.5 Å². The summed E-state index contributed by atoms with van der Waals surface area (Å²) in [4.78, 5) is 39.4. The van der Waals surface area contributed by atoms with Crippen molar-refractivity contribution in [3.8, 4) is 0 Å². The number of carbonyl (C=O) groups is 3. The predicted molar refractivity (Wildman–Crippen MR) is 100.0 cm³/mol. The van der Waals surface area contributed by atoms with Crippen molar-refractivity contribution in [1.82, 2.24) is 4.98 Å². The van der Waals surface area contributed by atoms with Gasteiger partial charge in [0.05, 0.1) is 28.5 Å². The fourth-order valence-corrected chi connectivity index (χ4v) is 3.03. The first kappa shape index (κ1) is 20.2. The smallest absolute Gasteiger partial charge is 0.340 e. The summed E-state index contributed by atoms with van der Waals surface area (Å²) in [5.41, 5.74) is 1.66. The van der Waals surface area contributed by atoms with Crippen LogP contribution in [0.25, 0.3) is 0 Å². The van der Waals surface area contributed by atoms with E-state index >= 15 is 0 Å². The standard InChI is InChI=1S/C18H17BrClNO5/c1-4-25-18(24)15-9(2)16(21-10(15)3)14(22)8-26-17(23)12-7-11(19)5-6-13(12)20/h5-7,21H,4,8H2,1-3H3. The molecule has 138 valence electrons. The molecular weight excluding hydrogens is 426 g/mol. The maximum atomic E-state index is 12.4. The molecule has 2 aromatic rings. The van der Waals surface area contributed by atoms with E-state index in [4.69, 9.17) is 21.1 Å². The average molecular weight is 443 g/mol. The van der Waals surface area contributed by atoms with Crippen molar-refractivity contribution in [2.24, 2.45) is 0 Å². The van der Waals surface area contributed by atoms with Crippen LogP contribution in [0.4, 0.5) is 0 Å². The fraction of sp³-hybridized carbons (Fsp3) is 0.278. The second-order valence-corrected chi connectivity index (χ2v) is 6.79. The van der Waals surface area contributed by atoms with Crippen LogP contribution in [0.2, 0.25) is 5.02 Å². The van der Waals surface area contributed by atoms with E-state index in [1.54, 1.807) is 32.9 Å². The molecule has 0 amide bonds. The topological polar surface area (TPSA) is 85.5 Å². The Bertz CT molecular complexity index is 875. The lowest BCUT2D eigenvalue weighted by molar-refractivity contribution is 0.0472. The molecule has 2 rings (SSSR count). The summed E-state index contributed by atoms with van der Waals surface area (Å²) in [7, 11) is 0. The minimum Gasteiger partial charge on any atom is -0.462 e. The van der Waals surface area contributed by atoms with Crippen LogP contribution in [0.15, 0.2) is 22.7 Å². The normalized spacial score (nSPS) is 10.5. The number of esters is 2. The molecule has 0 aliphatic rings. The Morgan fingerprint density at radius 3 is 2.50 bits per heavy atom. The molecule has 0 saturated carbocycles. The van der Waals surface area contributed by atoms with E-state index in [0.29, 0.717) is 21.3 Å². The number of H-pyrrole nitrogens is 1. The third-order valence-corrected chi connectivity index (χ3v) is 4.50. The number of nitrogens with one attached hydrogen (secondary N) is 1. The SMILES string of the molecule is CCOC(=O)c1c(C)[nH]c(C(=O)COC(=O)c2cc(Br)ccc2Cl)c1C. The van der Waals surface area contributed by atoms with Gasteiger partial charge in [0.2, 0.25) is 5.78 Å². The zero-order valence-corrected chi connectivity index (χ0v) is 16.8. The summed E-state index contributed by atoms with van der Waals surface area (Å²) in [6.07, 6.45) is 0. The number of ether oxygens (including phenoxy) is 2. The number of carbonyl (C=O) groups excluding carboxylic acids is 3. The minimum atomic E-state index is -0.712. The van der Waals surface area contributed by atoms with E-state index in [9.17, 15) is 14.4 Å². The van der Waals surface area contributed by atoms with Gasteiger partial charge >= 0.3 is 11.9 Å². The van der Waals surface area contributed by atoms with E-state index in [2.05, 4.69) is 20.9 Å². The van der Waals surface area contributed by atoms with E-state index in [-0.39, 0.29) is 22.9 Å². The number of rotatable bonds is 6. The summed E-state index contributed by atoms with van der Waals surface area (Å²) in [6.45, 7) is 4.76. The Morgan fingerprint density at radius 2 is 1.85 bits per heavy atom. The fourth-order valence-electron chi connectivity index (χ4n) is 2.47. The molecule has 8 heteroatoms. The molecule has 0 unspecified atom stereocenters. The molecule has 0 spiro atoms. The lowest BCUT2D eigenvalue weighted by Crippen LogP contribution is -2.16. The molecular formula is C18H17BrClNO5. The van der Waals surface area contributed by atoms with Gasteiger partial charge in [-0.05, 0) is 44.5 Å². The van der Waals surface area contributed by atoms with Crippen LogP contribution in [0.3, 0.4) is 0 Å². The number of halogens is 2. The monoisotopic (exact) mass is 441 g/mol. The van der Waals surface area contributed by atoms with Gasteiger partial charge in [0.25, 0.3) is 0 Å². The molecule has 0 aliphatic heterocycles. The van der Waals surface area contributed by atoms with Crippen molar-refractivity contribution in [3.05, 3.63) is 55.8 Å². The van der Waals surface area contributed by atoms with Crippen LogP contribution in [-0.4, -0.2) is 35.9 Å². The number of aryl methyl sites for hydroxylation is 1. The lowest BCUT2D eigenvalue weighted by atomic mass is 10.1. The molecule has 0 aliphatic carbocycles. The van der Waals surface area contributed by atoms with Crippen LogP contribution >= 0.6 is 27.5 Å². The van der Waals surface area contributed by atoms with Gasteiger partial charge in [-0.3, -0.25) is 4.79 Å². The molecule has 6 nitrogen and oxygen atoms in total. The predicted octanol–water partition coefficient (Wildman–Crippen LogP) is 4.26. The maximum absolute atomic E-state index is 12.4. The number of ketones is 1. The quantitative estimate of drug-likeness (QED) is 0.533. The summed E-state index contributed by atoms with van der Waals surface area (Å²) >= 11 is 9.22. The number of hydrogen-bond donors (Lipinski definition) is 1. The van der Waals surface area contributed by atoms with Crippen molar-refractivity contribution in [2.45, 2.75) is 20.8 Å². The van der Waals surface area contributed by atoms with Crippen molar-refractivity contribution in [2.75, 3.05) is 13.2 Å². The molecule has 1 aromatic heterocycles. The summed E-state index contributed by atoms with van der Waals surface area (Å²) in [5, 5.41) is 0.224. The van der Waals surface area contributed by atoms with Crippen molar-refractivity contribution in [1.29, 1.82) is 0 Å². The van der Waals surface area contributed by atoms with Crippen molar-refractivity contribution < 1.29 is 23.9 Å². The molecule has 0 fully saturated rings. The Hall–Kier alpha value is -2.12. The number of hydrogen-bond acceptors (Lipinski definition) is 5. The first-order chi connectivity index (χ1) is 12.3. The molecule has 1 N–H and O–H groups in total. The molecule has 0 atom stereocenters. The first-order valence-electron chi connectivity index (χ1n) is 7.77. The highest BCUT2D eigenvalue weighted by Gasteiger charge is 2.24. The molecule has 0 radical (unpaired) electrons. The lowest BCUT2D eigenvalue weighted by Gasteiger charge is -2.06. The zero-order valence-electron chi connectivity index (χ0n) is 14.4. The Labute approximate surface area is 163 Å². The van der Waals surface area contributed by atoms with Gasteiger partial charge in [-0.15, -0.1) is 0 Å². The molecule has 26 heavy (non-hydrogen) atoms. The largest absolute Gasteiger partial charge is 0.462 e. The third kappa shape index (κ3) is 4.34. The van der Waals surface area contributed by atoms with Gasteiger partial charge in [0.1, 0.15) is 0 Å². The molecule has 0 saturated heterocycles. The highest BCUT2D eigenvalue weighted by Crippen LogP contribution is 2.23. The zero-order chi connectivity index (χ0) is 19.4. The van der Waals surface area contributed by atoms with E-state index in [1.165, 1.54) is 6.07 Å². The van der Waals surface area contributed by atoms with Gasteiger partial charge in [-0.2, -0.15) is 0 Å². The van der Waals surface area contributed by atoms with Gasteiger partial charge in [0.15, 0.2) is 6.61 Å². The summed E-state index contributed by atoms with van der Waals surface area (Å²) in [5.74, 6) is -1.67. The average Bonchev–Trinajstić information content (AvgIpc) is 2.89.